The average molecular weight is 269 g/mol. The summed E-state index contributed by atoms with van der Waals surface area (Å²) < 4.78 is 39.9. The van der Waals surface area contributed by atoms with Crippen molar-refractivity contribution in [2.24, 2.45) is 0 Å². The summed E-state index contributed by atoms with van der Waals surface area (Å²) in [5.74, 6) is -0.427. The largest absolute Gasteiger partial charge is 0.284 e. The molecule has 1 aromatic carbocycles. The quantitative estimate of drug-likeness (QED) is 0.917. The lowest BCUT2D eigenvalue weighted by atomic mass is 10.1. The topological polar surface area (TPSA) is 46.2 Å². The highest BCUT2D eigenvalue weighted by molar-refractivity contribution is 7.89. The summed E-state index contributed by atoms with van der Waals surface area (Å²) in [5.41, 5.74) is 1.16. The minimum atomic E-state index is -3.59. The van der Waals surface area contributed by atoms with E-state index >= 15 is 0 Å². The Morgan fingerprint density at radius 1 is 1.28 bits per heavy atom. The van der Waals surface area contributed by atoms with Crippen molar-refractivity contribution in [2.75, 3.05) is 0 Å². The second kappa shape index (κ2) is 5.10. The maximum atomic E-state index is 13.0. The molecule has 0 heterocycles. The van der Waals surface area contributed by atoms with Crippen LogP contribution in [0.4, 0.5) is 4.39 Å². The molecule has 5 heteroatoms. The van der Waals surface area contributed by atoms with Crippen LogP contribution in [-0.2, 0) is 10.0 Å². The van der Waals surface area contributed by atoms with Crippen molar-refractivity contribution in [3.8, 4) is 0 Å². The van der Waals surface area contributed by atoms with Crippen molar-refractivity contribution >= 4 is 10.0 Å². The number of hydrogen-bond donors (Lipinski definition) is 1. The molecule has 3 nitrogen and oxygen atoms in total. The average Bonchev–Trinajstić information content (AvgIpc) is 2.29. The number of halogens is 1. The van der Waals surface area contributed by atoms with Crippen LogP contribution < -0.4 is 4.72 Å². The fraction of sp³-hybridized carbons (Fsp3) is 0.385. The molecule has 0 spiro atoms. The third kappa shape index (κ3) is 2.90. The predicted molar refractivity (Wildman–Crippen MR) is 68.0 cm³/mol. The van der Waals surface area contributed by atoms with Crippen molar-refractivity contribution in [1.82, 2.24) is 4.72 Å². The van der Waals surface area contributed by atoms with Crippen LogP contribution in [0, 0.1) is 12.7 Å². The van der Waals surface area contributed by atoms with Gasteiger partial charge in [0.2, 0.25) is 0 Å². The molecule has 1 aliphatic carbocycles. The molecule has 0 unspecified atom stereocenters. The smallest absolute Gasteiger partial charge is 0.261 e. The van der Waals surface area contributed by atoms with Gasteiger partial charge in [0.25, 0.3) is 10.0 Å². The summed E-state index contributed by atoms with van der Waals surface area (Å²) in [7, 11) is -3.59. The highest BCUT2D eigenvalue weighted by Crippen LogP contribution is 2.20. The second-order valence-electron chi connectivity index (χ2n) is 4.49. The van der Waals surface area contributed by atoms with Crippen molar-refractivity contribution < 1.29 is 12.8 Å². The first-order valence-corrected chi connectivity index (χ1v) is 7.45. The first-order valence-electron chi connectivity index (χ1n) is 5.97. The Hall–Kier alpha value is -1.36. The summed E-state index contributed by atoms with van der Waals surface area (Å²) in [4.78, 5) is 0.135. The van der Waals surface area contributed by atoms with Crippen LogP contribution in [0.1, 0.15) is 31.2 Å². The zero-order valence-corrected chi connectivity index (χ0v) is 11.1. The van der Waals surface area contributed by atoms with E-state index in [1.165, 1.54) is 12.1 Å². The number of allylic oxidation sites excluding steroid dienone is 2. The van der Waals surface area contributed by atoms with Crippen LogP contribution in [-0.4, -0.2) is 8.42 Å². The Kier molecular flexibility index (Phi) is 3.71. The minimum absolute atomic E-state index is 0.135. The number of benzene rings is 1. The molecule has 1 N–H and O–H groups in total. The highest BCUT2D eigenvalue weighted by Gasteiger charge is 2.18. The molecule has 0 saturated carbocycles. The fourth-order valence-electron chi connectivity index (χ4n) is 2.07. The van der Waals surface area contributed by atoms with Gasteiger partial charge in [-0.25, -0.2) is 12.8 Å². The van der Waals surface area contributed by atoms with Crippen LogP contribution in [0.3, 0.4) is 0 Å². The van der Waals surface area contributed by atoms with E-state index in [-0.39, 0.29) is 4.90 Å². The molecule has 18 heavy (non-hydrogen) atoms. The lowest BCUT2D eigenvalue weighted by Crippen LogP contribution is -2.24. The molecular formula is C13H16FNO2S. The first-order chi connectivity index (χ1) is 8.49. The Balaban J connectivity index is 2.27. The van der Waals surface area contributed by atoms with E-state index < -0.39 is 15.8 Å². The molecule has 0 bridgehead atoms. The SMILES string of the molecule is Cc1cc(F)ccc1S(=O)(=O)NC1=CCCCC1. The van der Waals surface area contributed by atoms with E-state index in [4.69, 9.17) is 0 Å². The fourth-order valence-corrected chi connectivity index (χ4v) is 3.44. The van der Waals surface area contributed by atoms with Crippen LogP contribution in [0.5, 0.6) is 0 Å². The normalized spacial score (nSPS) is 16.2. The van der Waals surface area contributed by atoms with E-state index in [1.807, 2.05) is 6.08 Å². The maximum absolute atomic E-state index is 13.0. The predicted octanol–water partition coefficient (Wildman–Crippen LogP) is 2.87. The Bertz CT molecular complexity index is 579. The summed E-state index contributed by atoms with van der Waals surface area (Å²) in [6, 6.07) is 3.69. The van der Waals surface area contributed by atoms with E-state index in [2.05, 4.69) is 4.72 Å². The zero-order valence-electron chi connectivity index (χ0n) is 10.2. The van der Waals surface area contributed by atoms with E-state index in [1.54, 1.807) is 6.92 Å². The van der Waals surface area contributed by atoms with E-state index in [9.17, 15) is 12.8 Å². The van der Waals surface area contributed by atoms with Crippen molar-refractivity contribution in [2.45, 2.75) is 37.5 Å². The maximum Gasteiger partial charge on any atom is 0.261 e. The number of nitrogens with one attached hydrogen (secondary N) is 1. The van der Waals surface area contributed by atoms with Gasteiger partial charge in [0.15, 0.2) is 0 Å². The lowest BCUT2D eigenvalue weighted by molar-refractivity contribution is 0.580. The molecule has 1 aliphatic rings. The Labute approximate surface area is 107 Å². The molecule has 0 radical (unpaired) electrons. The Morgan fingerprint density at radius 2 is 2.06 bits per heavy atom. The molecule has 2 rings (SSSR count). The molecule has 0 amide bonds. The monoisotopic (exact) mass is 269 g/mol. The highest BCUT2D eigenvalue weighted by atomic mass is 32.2. The summed E-state index contributed by atoms with van der Waals surface area (Å²) in [6.07, 6.45) is 5.66. The molecule has 0 fully saturated rings. The summed E-state index contributed by atoms with van der Waals surface area (Å²) >= 11 is 0. The number of rotatable bonds is 3. The molecular weight excluding hydrogens is 253 g/mol. The van der Waals surface area contributed by atoms with Crippen molar-refractivity contribution in [3.05, 3.63) is 41.4 Å². The van der Waals surface area contributed by atoms with Gasteiger partial charge < -0.3 is 0 Å². The van der Waals surface area contributed by atoms with Gasteiger partial charge in [-0.15, -0.1) is 0 Å². The lowest BCUT2D eigenvalue weighted by Gasteiger charge is -2.16. The van der Waals surface area contributed by atoms with Gasteiger partial charge in [0.1, 0.15) is 5.82 Å². The second-order valence-corrected chi connectivity index (χ2v) is 6.14. The molecule has 98 valence electrons. The van der Waals surface area contributed by atoms with Gasteiger partial charge in [0, 0.05) is 5.70 Å². The van der Waals surface area contributed by atoms with Crippen molar-refractivity contribution in [1.29, 1.82) is 0 Å². The van der Waals surface area contributed by atoms with Crippen LogP contribution in [0.25, 0.3) is 0 Å². The standard InChI is InChI=1S/C13H16FNO2S/c1-10-9-11(14)7-8-13(10)18(16,17)15-12-5-3-2-4-6-12/h5,7-9,15H,2-4,6H2,1H3. The number of aryl methyl sites for hydroxylation is 1. The molecule has 0 aromatic heterocycles. The molecule has 0 saturated heterocycles. The third-order valence-corrected chi connectivity index (χ3v) is 4.55. The molecule has 0 aliphatic heterocycles. The van der Waals surface area contributed by atoms with E-state index in [0.717, 1.165) is 37.4 Å². The van der Waals surface area contributed by atoms with Gasteiger partial charge in [-0.2, -0.15) is 0 Å². The van der Waals surface area contributed by atoms with Gasteiger partial charge in [-0.3, -0.25) is 4.72 Å². The van der Waals surface area contributed by atoms with Crippen LogP contribution in [0.15, 0.2) is 34.9 Å². The summed E-state index contributed by atoms with van der Waals surface area (Å²) in [5, 5.41) is 0. The van der Waals surface area contributed by atoms with Crippen LogP contribution >= 0.6 is 0 Å². The molecule has 1 aromatic rings. The molecule has 0 atom stereocenters. The third-order valence-electron chi connectivity index (χ3n) is 2.98. The zero-order chi connectivity index (χ0) is 13.2. The minimum Gasteiger partial charge on any atom is -0.284 e. The van der Waals surface area contributed by atoms with Gasteiger partial charge >= 0.3 is 0 Å². The van der Waals surface area contributed by atoms with Gasteiger partial charge in [0.05, 0.1) is 4.90 Å². The first kappa shape index (κ1) is 13.1. The summed E-state index contributed by atoms with van der Waals surface area (Å²) in [6.45, 7) is 1.59. The van der Waals surface area contributed by atoms with Gasteiger partial charge in [-0.05, 0) is 56.4 Å². The van der Waals surface area contributed by atoms with Gasteiger partial charge in [-0.1, -0.05) is 6.08 Å². The Morgan fingerprint density at radius 3 is 2.67 bits per heavy atom. The number of hydrogen-bond acceptors (Lipinski definition) is 2. The van der Waals surface area contributed by atoms with Crippen LogP contribution in [0.2, 0.25) is 0 Å². The number of sulfonamides is 1. The van der Waals surface area contributed by atoms with Crippen molar-refractivity contribution in [3.63, 3.8) is 0 Å². The van der Waals surface area contributed by atoms with E-state index in [0.29, 0.717) is 5.56 Å².